The van der Waals surface area contributed by atoms with Gasteiger partial charge in [-0.3, -0.25) is 14.5 Å². The third-order valence-corrected chi connectivity index (χ3v) is 3.48. The van der Waals surface area contributed by atoms with Crippen LogP contribution >= 0.6 is 0 Å². The first-order valence-corrected chi connectivity index (χ1v) is 8.74. The van der Waals surface area contributed by atoms with Gasteiger partial charge in [0.2, 0.25) is 5.91 Å². The van der Waals surface area contributed by atoms with E-state index in [0.29, 0.717) is 17.9 Å². The number of anilines is 1. The molecule has 2 heterocycles. The third-order valence-electron chi connectivity index (χ3n) is 3.48. The quantitative estimate of drug-likeness (QED) is 0.618. The number of aromatic nitrogens is 1. The Hall–Kier alpha value is -2.74. The average Bonchev–Trinajstić information content (AvgIpc) is 2.68. The standard InChI is InChI=1S/C19H25N3O5/c1-5-26-17(25)12-22-10-14-8-13(6-7-16(24)27-19(2,3)4)9-20-18(14)21-15(23)11-22/h6-9H,5,10-12H2,1-4H3,(H,20,21,23)/b7-6+. The van der Waals surface area contributed by atoms with Crippen LogP contribution in [0.1, 0.15) is 38.8 Å². The molecule has 1 amide bonds. The van der Waals surface area contributed by atoms with E-state index in [1.54, 1.807) is 44.9 Å². The Morgan fingerprint density at radius 2 is 2.07 bits per heavy atom. The van der Waals surface area contributed by atoms with Gasteiger partial charge in [0.15, 0.2) is 0 Å². The van der Waals surface area contributed by atoms with Crippen molar-refractivity contribution < 1.29 is 23.9 Å². The lowest BCUT2D eigenvalue weighted by Gasteiger charge is -2.18. The van der Waals surface area contributed by atoms with E-state index < -0.39 is 11.6 Å². The number of pyridine rings is 1. The first-order valence-electron chi connectivity index (χ1n) is 8.74. The number of esters is 2. The fourth-order valence-electron chi connectivity index (χ4n) is 2.53. The second-order valence-electron chi connectivity index (χ2n) is 7.14. The van der Waals surface area contributed by atoms with Crippen molar-refractivity contribution in [1.82, 2.24) is 9.88 Å². The predicted octanol–water partition coefficient (Wildman–Crippen LogP) is 1.75. The van der Waals surface area contributed by atoms with Crippen molar-refractivity contribution in [2.75, 3.05) is 25.0 Å². The lowest BCUT2D eigenvalue weighted by atomic mass is 10.1. The number of rotatable bonds is 5. The Kier molecular flexibility index (Phi) is 6.68. The summed E-state index contributed by atoms with van der Waals surface area (Å²) in [4.78, 5) is 41.5. The molecule has 0 fully saturated rings. The molecule has 0 bridgehead atoms. The van der Waals surface area contributed by atoms with E-state index in [1.165, 1.54) is 6.08 Å². The summed E-state index contributed by atoms with van der Waals surface area (Å²) < 4.78 is 10.2. The predicted molar refractivity (Wildman–Crippen MR) is 99.7 cm³/mol. The van der Waals surface area contributed by atoms with Crippen molar-refractivity contribution in [2.45, 2.75) is 39.8 Å². The van der Waals surface area contributed by atoms with Crippen LogP contribution in [-0.2, 0) is 30.4 Å². The highest BCUT2D eigenvalue weighted by molar-refractivity contribution is 5.93. The van der Waals surface area contributed by atoms with Gasteiger partial charge in [-0.05, 0) is 45.4 Å². The van der Waals surface area contributed by atoms with Crippen LogP contribution < -0.4 is 5.32 Å². The van der Waals surface area contributed by atoms with Crippen LogP contribution in [-0.4, -0.2) is 53.0 Å². The minimum Gasteiger partial charge on any atom is -0.465 e. The minimum atomic E-state index is -0.564. The van der Waals surface area contributed by atoms with Crippen LogP contribution in [0.5, 0.6) is 0 Å². The molecule has 146 valence electrons. The summed E-state index contributed by atoms with van der Waals surface area (Å²) in [5, 5.41) is 2.72. The first kappa shape index (κ1) is 20.6. The van der Waals surface area contributed by atoms with Crippen LogP contribution in [0.2, 0.25) is 0 Å². The number of amides is 1. The molecular formula is C19H25N3O5. The minimum absolute atomic E-state index is 0.0126. The van der Waals surface area contributed by atoms with Crippen LogP contribution in [0.15, 0.2) is 18.3 Å². The number of nitrogens with zero attached hydrogens (tertiary/aromatic N) is 2. The zero-order chi connectivity index (χ0) is 20.0. The molecule has 0 spiro atoms. The molecule has 1 aliphatic heterocycles. The molecule has 0 aliphatic carbocycles. The molecule has 27 heavy (non-hydrogen) atoms. The molecule has 8 nitrogen and oxygen atoms in total. The van der Waals surface area contributed by atoms with Crippen LogP contribution in [0.25, 0.3) is 6.08 Å². The van der Waals surface area contributed by atoms with Gasteiger partial charge in [0.1, 0.15) is 11.4 Å². The smallest absolute Gasteiger partial charge is 0.331 e. The van der Waals surface area contributed by atoms with Gasteiger partial charge in [-0.2, -0.15) is 0 Å². The summed E-state index contributed by atoms with van der Waals surface area (Å²) in [7, 11) is 0. The van der Waals surface area contributed by atoms with Gasteiger partial charge in [0.25, 0.3) is 0 Å². The molecule has 1 N–H and O–H groups in total. The molecule has 2 rings (SSSR count). The highest BCUT2D eigenvalue weighted by atomic mass is 16.6. The molecule has 0 unspecified atom stereocenters. The van der Waals surface area contributed by atoms with Crippen LogP contribution in [0, 0.1) is 0 Å². The third kappa shape index (κ3) is 6.82. The summed E-state index contributed by atoms with van der Waals surface area (Å²) >= 11 is 0. The van der Waals surface area contributed by atoms with Gasteiger partial charge in [-0.15, -0.1) is 0 Å². The van der Waals surface area contributed by atoms with E-state index >= 15 is 0 Å². The van der Waals surface area contributed by atoms with Crippen molar-refractivity contribution >= 4 is 29.7 Å². The fraction of sp³-hybridized carbons (Fsp3) is 0.474. The maximum atomic E-state index is 12.0. The van der Waals surface area contributed by atoms with Gasteiger partial charge in [-0.25, -0.2) is 9.78 Å². The maximum Gasteiger partial charge on any atom is 0.331 e. The van der Waals surface area contributed by atoms with Gasteiger partial charge in [0.05, 0.1) is 19.7 Å². The largest absolute Gasteiger partial charge is 0.465 e. The Bertz CT molecular complexity index is 752. The number of hydrogen-bond acceptors (Lipinski definition) is 7. The molecule has 1 aromatic rings. The highest BCUT2D eigenvalue weighted by Gasteiger charge is 2.22. The van der Waals surface area contributed by atoms with E-state index in [0.717, 1.165) is 5.56 Å². The van der Waals surface area contributed by atoms with Crippen molar-refractivity contribution in [3.63, 3.8) is 0 Å². The molecule has 8 heteroatoms. The van der Waals surface area contributed by atoms with Crippen molar-refractivity contribution in [1.29, 1.82) is 0 Å². The summed E-state index contributed by atoms with van der Waals surface area (Å²) in [6.45, 7) is 7.84. The number of ether oxygens (including phenoxy) is 2. The number of carbonyl (C=O) groups is 3. The van der Waals surface area contributed by atoms with Crippen LogP contribution in [0.4, 0.5) is 5.82 Å². The summed E-state index contributed by atoms with van der Waals surface area (Å²) in [6.07, 6.45) is 4.49. The van der Waals surface area contributed by atoms with E-state index in [2.05, 4.69) is 10.3 Å². The van der Waals surface area contributed by atoms with Crippen molar-refractivity contribution in [2.24, 2.45) is 0 Å². The number of carbonyl (C=O) groups excluding carboxylic acids is 3. The van der Waals surface area contributed by atoms with E-state index in [4.69, 9.17) is 9.47 Å². The number of fused-ring (bicyclic) bond motifs is 1. The summed E-state index contributed by atoms with van der Waals surface area (Å²) in [5.41, 5.74) is 0.869. The van der Waals surface area contributed by atoms with Gasteiger partial charge in [-0.1, -0.05) is 0 Å². The lowest BCUT2D eigenvalue weighted by Crippen LogP contribution is -2.35. The first-order chi connectivity index (χ1) is 12.7. The molecule has 0 aromatic carbocycles. The van der Waals surface area contributed by atoms with Gasteiger partial charge >= 0.3 is 11.9 Å². The van der Waals surface area contributed by atoms with E-state index in [1.807, 2.05) is 6.07 Å². The van der Waals surface area contributed by atoms with E-state index in [-0.39, 0.29) is 31.6 Å². The summed E-state index contributed by atoms with van der Waals surface area (Å²) in [5.74, 6) is -0.638. The summed E-state index contributed by atoms with van der Waals surface area (Å²) in [6, 6.07) is 1.81. The second kappa shape index (κ2) is 8.77. The van der Waals surface area contributed by atoms with Crippen molar-refractivity contribution in [3.05, 3.63) is 29.5 Å². The topological polar surface area (TPSA) is 97.8 Å². The lowest BCUT2D eigenvalue weighted by molar-refractivity contribution is -0.148. The maximum absolute atomic E-state index is 12.0. The van der Waals surface area contributed by atoms with Crippen molar-refractivity contribution in [3.8, 4) is 0 Å². The van der Waals surface area contributed by atoms with Gasteiger partial charge < -0.3 is 14.8 Å². The zero-order valence-corrected chi connectivity index (χ0v) is 16.1. The second-order valence-corrected chi connectivity index (χ2v) is 7.14. The molecule has 1 aromatic heterocycles. The number of nitrogens with one attached hydrogen (secondary N) is 1. The Morgan fingerprint density at radius 1 is 1.33 bits per heavy atom. The monoisotopic (exact) mass is 375 g/mol. The molecule has 0 saturated carbocycles. The number of hydrogen-bond donors (Lipinski definition) is 1. The average molecular weight is 375 g/mol. The fourth-order valence-corrected chi connectivity index (χ4v) is 2.53. The molecule has 1 aliphatic rings. The van der Waals surface area contributed by atoms with Gasteiger partial charge in [0, 0.05) is 24.4 Å². The SMILES string of the molecule is CCOC(=O)CN1CC(=O)Nc2ncc(/C=C/C(=O)OC(C)(C)C)cc2C1. The van der Waals surface area contributed by atoms with E-state index in [9.17, 15) is 14.4 Å². The highest BCUT2D eigenvalue weighted by Crippen LogP contribution is 2.20. The molecule has 0 saturated heterocycles. The normalized spacial score (nSPS) is 15.0. The Labute approximate surface area is 158 Å². The Balaban J connectivity index is 2.14. The van der Waals surface area contributed by atoms with Crippen LogP contribution in [0.3, 0.4) is 0 Å². The molecular weight excluding hydrogens is 350 g/mol. The molecule has 0 radical (unpaired) electrons. The zero-order valence-electron chi connectivity index (χ0n) is 16.1. The Morgan fingerprint density at radius 3 is 2.74 bits per heavy atom. The molecule has 0 atom stereocenters.